The van der Waals surface area contributed by atoms with E-state index >= 15 is 0 Å². The van der Waals surface area contributed by atoms with Crippen LogP contribution in [-0.2, 0) is 0 Å². The summed E-state index contributed by atoms with van der Waals surface area (Å²) in [5.41, 5.74) is 2.08. The first-order chi connectivity index (χ1) is 6.27. The number of nitrogens with zero attached hydrogens (tertiary/aromatic N) is 1. The molecule has 0 N–H and O–H groups in total. The topological polar surface area (TPSA) is 21.6 Å². The van der Waals surface area contributed by atoms with Crippen molar-refractivity contribution in [1.29, 1.82) is 0 Å². The molecule has 2 nitrogen and oxygen atoms in total. The largest absolute Gasteiger partial charge is 0.485 e. The Hall–Kier alpha value is -1.31. The van der Waals surface area contributed by atoms with Gasteiger partial charge in [-0.3, -0.25) is 4.99 Å². The van der Waals surface area contributed by atoms with Crippen molar-refractivity contribution in [3.05, 3.63) is 24.3 Å². The summed E-state index contributed by atoms with van der Waals surface area (Å²) in [5.74, 6) is 1.36. The number of fused-ring (bicyclic) bond motifs is 1. The molecule has 1 aromatic rings. The Balaban J connectivity index is 2.38. The molecule has 0 aliphatic carbocycles. The molecule has 1 heterocycles. The monoisotopic (exact) mass is 175 g/mol. The zero-order valence-corrected chi connectivity index (χ0v) is 7.95. The lowest BCUT2D eigenvalue weighted by molar-refractivity contribution is 0.366. The third-order valence-corrected chi connectivity index (χ3v) is 2.17. The summed E-state index contributed by atoms with van der Waals surface area (Å²) >= 11 is 0. The summed E-state index contributed by atoms with van der Waals surface area (Å²) < 4.78 is 5.57. The van der Waals surface area contributed by atoms with Crippen molar-refractivity contribution in [2.75, 3.05) is 6.61 Å². The molecule has 2 rings (SSSR count). The van der Waals surface area contributed by atoms with E-state index in [-0.39, 0.29) is 0 Å². The summed E-state index contributed by atoms with van der Waals surface area (Å²) in [5, 5.41) is 0. The fourth-order valence-electron chi connectivity index (χ4n) is 1.31. The van der Waals surface area contributed by atoms with Crippen LogP contribution in [0.2, 0.25) is 0 Å². The first-order valence-corrected chi connectivity index (χ1v) is 4.56. The van der Waals surface area contributed by atoms with Gasteiger partial charge in [-0.1, -0.05) is 26.0 Å². The van der Waals surface area contributed by atoms with E-state index in [0.717, 1.165) is 17.1 Å². The number of hydrogen-bond acceptors (Lipinski definition) is 2. The van der Waals surface area contributed by atoms with E-state index < -0.39 is 0 Å². The summed E-state index contributed by atoms with van der Waals surface area (Å²) in [6.45, 7) is 4.90. The second-order valence-electron chi connectivity index (χ2n) is 3.51. The Bertz CT molecular complexity index is 342. The molecule has 0 unspecified atom stereocenters. The lowest BCUT2D eigenvalue weighted by atomic mass is 10.1. The van der Waals surface area contributed by atoms with Gasteiger partial charge in [0.1, 0.15) is 18.0 Å². The third-order valence-electron chi connectivity index (χ3n) is 2.17. The highest BCUT2D eigenvalue weighted by Crippen LogP contribution is 2.30. The normalized spacial score (nSPS) is 14.8. The molecule has 0 saturated carbocycles. The van der Waals surface area contributed by atoms with Gasteiger partial charge in [0.15, 0.2) is 0 Å². The van der Waals surface area contributed by atoms with Crippen LogP contribution in [-0.4, -0.2) is 12.3 Å². The number of benzene rings is 1. The van der Waals surface area contributed by atoms with Crippen molar-refractivity contribution in [3.8, 4) is 5.75 Å². The zero-order valence-electron chi connectivity index (χ0n) is 7.95. The number of hydrogen-bond donors (Lipinski definition) is 0. The van der Waals surface area contributed by atoms with Gasteiger partial charge in [-0.2, -0.15) is 0 Å². The SMILES string of the molecule is CC(C)C1=Nc2ccccc2OC1. The van der Waals surface area contributed by atoms with E-state index in [4.69, 9.17) is 4.74 Å². The van der Waals surface area contributed by atoms with Gasteiger partial charge in [0, 0.05) is 0 Å². The summed E-state index contributed by atoms with van der Waals surface area (Å²) in [4.78, 5) is 4.54. The van der Waals surface area contributed by atoms with Gasteiger partial charge >= 0.3 is 0 Å². The Labute approximate surface area is 78.3 Å². The van der Waals surface area contributed by atoms with E-state index in [0.29, 0.717) is 12.5 Å². The number of aliphatic imine (C=N–C) groups is 1. The molecule has 0 atom stereocenters. The molecule has 13 heavy (non-hydrogen) atoms. The van der Waals surface area contributed by atoms with E-state index in [2.05, 4.69) is 18.8 Å². The number of rotatable bonds is 1. The van der Waals surface area contributed by atoms with Crippen molar-refractivity contribution in [1.82, 2.24) is 0 Å². The lowest BCUT2D eigenvalue weighted by Crippen LogP contribution is -2.20. The van der Waals surface area contributed by atoms with Crippen LogP contribution in [0.15, 0.2) is 29.3 Å². The zero-order chi connectivity index (χ0) is 9.26. The number of para-hydroxylation sites is 2. The van der Waals surface area contributed by atoms with Gasteiger partial charge in [-0.15, -0.1) is 0 Å². The summed E-state index contributed by atoms with van der Waals surface area (Å²) in [6.07, 6.45) is 0. The molecule has 1 aliphatic rings. The molecule has 68 valence electrons. The minimum Gasteiger partial charge on any atom is -0.485 e. The Morgan fingerprint density at radius 1 is 1.31 bits per heavy atom. The smallest absolute Gasteiger partial charge is 0.145 e. The Morgan fingerprint density at radius 2 is 2.08 bits per heavy atom. The standard InChI is InChI=1S/C11H13NO/c1-8(2)10-7-13-11-6-4-3-5-9(11)12-10/h3-6,8H,7H2,1-2H3. The molecule has 0 spiro atoms. The molecule has 0 fully saturated rings. The third kappa shape index (κ3) is 1.57. The van der Waals surface area contributed by atoms with Crippen molar-refractivity contribution < 1.29 is 4.74 Å². The van der Waals surface area contributed by atoms with Gasteiger partial charge < -0.3 is 4.74 Å². The van der Waals surface area contributed by atoms with Crippen molar-refractivity contribution in [3.63, 3.8) is 0 Å². The molecular weight excluding hydrogens is 162 g/mol. The molecule has 0 aromatic heterocycles. The molecule has 1 aliphatic heterocycles. The maximum Gasteiger partial charge on any atom is 0.145 e. The predicted octanol–water partition coefficient (Wildman–Crippen LogP) is 2.81. The quantitative estimate of drug-likeness (QED) is 0.643. The summed E-state index contributed by atoms with van der Waals surface area (Å²) in [7, 11) is 0. The van der Waals surface area contributed by atoms with Crippen LogP contribution in [0.5, 0.6) is 5.75 Å². The van der Waals surface area contributed by atoms with Crippen LogP contribution < -0.4 is 4.74 Å². The molecule has 0 amide bonds. The van der Waals surface area contributed by atoms with Crippen LogP contribution in [0.3, 0.4) is 0 Å². The average Bonchev–Trinajstić information content (AvgIpc) is 2.17. The highest BCUT2D eigenvalue weighted by molar-refractivity contribution is 5.91. The predicted molar refractivity (Wildman–Crippen MR) is 53.9 cm³/mol. The van der Waals surface area contributed by atoms with Crippen LogP contribution in [0.4, 0.5) is 5.69 Å². The minimum atomic E-state index is 0.466. The fraction of sp³-hybridized carbons (Fsp3) is 0.364. The van der Waals surface area contributed by atoms with E-state index in [1.165, 1.54) is 0 Å². The van der Waals surface area contributed by atoms with E-state index in [1.54, 1.807) is 0 Å². The molecule has 1 aromatic carbocycles. The van der Waals surface area contributed by atoms with Gasteiger partial charge in [-0.25, -0.2) is 0 Å². The first kappa shape index (κ1) is 8.30. The van der Waals surface area contributed by atoms with Gasteiger partial charge in [0.2, 0.25) is 0 Å². The van der Waals surface area contributed by atoms with Crippen LogP contribution in [0.25, 0.3) is 0 Å². The summed E-state index contributed by atoms with van der Waals surface area (Å²) in [6, 6.07) is 7.89. The Morgan fingerprint density at radius 3 is 2.85 bits per heavy atom. The highest BCUT2D eigenvalue weighted by atomic mass is 16.5. The molecule has 0 saturated heterocycles. The van der Waals surface area contributed by atoms with Crippen LogP contribution >= 0.6 is 0 Å². The molecular formula is C11H13NO. The van der Waals surface area contributed by atoms with E-state index in [1.807, 2.05) is 24.3 Å². The second kappa shape index (κ2) is 3.21. The van der Waals surface area contributed by atoms with Crippen molar-refractivity contribution in [2.24, 2.45) is 10.9 Å². The molecule has 2 heteroatoms. The maximum absolute atomic E-state index is 5.57. The van der Waals surface area contributed by atoms with Gasteiger partial charge in [0.05, 0.1) is 5.71 Å². The Kier molecular flexibility index (Phi) is 2.05. The first-order valence-electron chi connectivity index (χ1n) is 4.56. The van der Waals surface area contributed by atoms with E-state index in [9.17, 15) is 0 Å². The average molecular weight is 175 g/mol. The second-order valence-corrected chi connectivity index (χ2v) is 3.51. The van der Waals surface area contributed by atoms with Gasteiger partial charge in [-0.05, 0) is 18.1 Å². The highest BCUT2D eigenvalue weighted by Gasteiger charge is 2.14. The van der Waals surface area contributed by atoms with Crippen LogP contribution in [0.1, 0.15) is 13.8 Å². The van der Waals surface area contributed by atoms with Crippen LogP contribution in [0, 0.1) is 5.92 Å². The molecule has 0 radical (unpaired) electrons. The molecule has 0 bridgehead atoms. The number of ether oxygens (including phenoxy) is 1. The van der Waals surface area contributed by atoms with Gasteiger partial charge in [0.25, 0.3) is 0 Å². The lowest BCUT2D eigenvalue weighted by Gasteiger charge is -2.18. The van der Waals surface area contributed by atoms with Crippen molar-refractivity contribution in [2.45, 2.75) is 13.8 Å². The maximum atomic E-state index is 5.57. The fourth-order valence-corrected chi connectivity index (χ4v) is 1.31. The van der Waals surface area contributed by atoms with Crippen molar-refractivity contribution >= 4 is 11.4 Å². The minimum absolute atomic E-state index is 0.466.